The van der Waals surface area contributed by atoms with Crippen molar-refractivity contribution in [1.82, 2.24) is 4.98 Å². The Morgan fingerprint density at radius 3 is 2.34 bits per heavy atom. The van der Waals surface area contributed by atoms with Crippen LogP contribution in [0.5, 0.6) is 0 Å². The van der Waals surface area contributed by atoms with Gasteiger partial charge in [0.2, 0.25) is 0 Å². The summed E-state index contributed by atoms with van der Waals surface area (Å²) < 4.78 is 28.6. The fraction of sp³-hybridized carbons (Fsp3) is 0.182. The Kier molecular flexibility index (Phi) is 5.98. The van der Waals surface area contributed by atoms with E-state index in [1.165, 1.54) is 12.3 Å². The standard InChI is InChI=1S/C22H23N3O3S/c1-4-17-7-10-19(24-22(26)20-14-23-12-11-16(20)3)13-21(17)29(27,28)25-18-8-5-15(2)6-9-18/h5-14,25H,4H2,1-3H3,(H,24,26). The van der Waals surface area contributed by atoms with Gasteiger partial charge in [0.15, 0.2) is 0 Å². The molecule has 0 spiro atoms. The van der Waals surface area contributed by atoms with Crippen molar-refractivity contribution in [3.63, 3.8) is 0 Å². The topological polar surface area (TPSA) is 88.2 Å². The van der Waals surface area contributed by atoms with Gasteiger partial charge in [-0.25, -0.2) is 8.42 Å². The molecule has 3 aromatic rings. The summed E-state index contributed by atoms with van der Waals surface area (Å²) in [6.45, 7) is 5.64. The Labute approximate surface area is 171 Å². The van der Waals surface area contributed by atoms with E-state index in [9.17, 15) is 13.2 Å². The van der Waals surface area contributed by atoms with Crippen molar-refractivity contribution in [3.8, 4) is 0 Å². The molecule has 0 atom stereocenters. The van der Waals surface area contributed by atoms with Gasteiger partial charge in [-0.15, -0.1) is 0 Å². The molecule has 7 heteroatoms. The summed E-state index contributed by atoms with van der Waals surface area (Å²) >= 11 is 0. The number of anilines is 2. The van der Waals surface area contributed by atoms with Crippen molar-refractivity contribution in [2.45, 2.75) is 32.1 Å². The number of pyridine rings is 1. The first-order valence-electron chi connectivity index (χ1n) is 9.24. The molecular weight excluding hydrogens is 386 g/mol. The molecule has 3 rings (SSSR count). The number of aryl methyl sites for hydroxylation is 3. The molecule has 0 bridgehead atoms. The molecule has 1 heterocycles. The summed E-state index contributed by atoms with van der Waals surface area (Å²) in [5, 5.41) is 2.76. The highest BCUT2D eigenvalue weighted by Crippen LogP contribution is 2.25. The smallest absolute Gasteiger partial charge is 0.262 e. The van der Waals surface area contributed by atoms with Crippen LogP contribution in [0.3, 0.4) is 0 Å². The van der Waals surface area contributed by atoms with Crippen LogP contribution in [0.4, 0.5) is 11.4 Å². The number of hydrogen-bond donors (Lipinski definition) is 2. The van der Waals surface area contributed by atoms with Crippen LogP contribution < -0.4 is 10.0 Å². The van der Waals surface area contributed by atoms with Gasteiger partial charge in [-0.2, -0.15) is 0 Å². The molecule has 0 aliphatic heterocycles. The number of benzene rings is 2. The van der Waals surface area contributed by atoms with Crippen LogP contribution in [-0.2, 0) is 16.4 Å². The molecular formula is C22H23N3O3S. The molecule has 0 fully saturated rings. The van der Waals surface area contributed by atoms with E-state index >= 15 is 0 Å². The Bertz CT molecular complexity index is 1140. The highest BCUT2D eigenvalue weighted by Gasteiger charge is 2.20. The lowest BCUT2D eigenvalue weighted by Gasteiger charge is -2.14. The number of aromatic nitrogens is 1. The lowest BCUT2D eigenvalue weighted by atomic mass is 10.1. The third kappa shape index (κ3) is 4.81. The molecule has 2 N–H and O–H groups in total. The minimum Gasteiger partial charge on any atom is -0.322 e. The van der Waals surface area contributed by atoms with Gasteiger partial charge >= 0.3 is 0 Å². The van der Waals surface area contributed by atoms with Gasteiger partial charge in [0.05, 0.1) is 10.5 Å². The van der Waals surface area contributed by atoms with Crippen LogP contribution >= 0.6 is 0 Å². The lowest BCUT2D eigenvalue weighted by Crippen LogP contribution is -2.17. The van der Waals surface area contributed by atoms with Crippen LogP contribution in [0.1, 0.15) is 34.0 Å². The quantitative estimate of drug-likeness (QED) is 0.635. The van der Waals surface area contributed by atoms with Crippen molar-refractivity contribution in [1.29, 1.82) is 0 Å². The highest BCUT2D eigenvalue weighted by atomic mass is 32.2. The zero-order valence-electron chi connectivity index (χ0n) is 16.6. The minimum atomic E-state index is -3.81. The van der Waals surface area contributed by atoms with Crippen molar-refractivity contribution in [2.24, 2.45) is 0 Å². The van der Waals surface area contributed by atoms with Gasteiger partial charge in [0.1, 0.15) is 0 Å². The predicted octanol–water partition coefficient (Wildman–Crippen LogP) is 4.31. The van der Waals surface area contributed by atoms with Gasteiger partial charge < -0.3 is 5.32 Å². The lowest BCUT2D eigenvalue weighted by molar-refractivity contribution is 0.102. The van der Waals surface area contributed by atoms with Crippen LogP contribution in [-0.4, -0.2) is 19.3 Å². The first kappa shape index (κ1) is 20.5. The van der Waals surface area contributed by atoms with E-state index < -0.39 is 10.0 Å². The van der Waals surface area contributed by atoms with Crippen molar-refractivity contribution in [2.75, 3.05) is 10.0 Å². The van der Waals surface area contributed by atoms with Crippen molar-refractivity contribution >= 4 is 27.3 Å². The largest absolute Gasteiger partial charge is 0.322 e. The molecule has 150 valence electrons. The summed E-state index contributed by atoms with van der Waals surface area (Å²) in [7, 11) is -3.81. The fourth-order valence-corrected chi connectivity index (χ4v) is 4.30. The van der Waals surface area contributed by atoms with Crippen molar-refractivity contribution < 1.29 is 13.2 Å². The maximum atomic E-state index is 13.0. The second kappa shape index (κ2) is 8.45. The normalized spacial score (nSPS) is 11.1. The number of hydrogen-bond acceptors (Lipinski definition) is 4. The minimum absolute atomic E-state index is 0.140. The Morgan fingerprint density at radius 1 is 1.00 bits per heavy atom. The highest BCUT2D eigenvalue weighted by molar-refractivity contribution is 7.92. The summed E-state index contributed by atoms with van der Waals surface area (Å²) in [6, 6.07) is 13.8. The number of carbonyl (C=O) groups excluding carboxylic acids is 1. The number of amides is 1. The van der Waals surface area contributed by atoms with E-state index in [1.54, 1.807) is 36.5 Å². The zero-order chi connectivity index (χ0) is 21.0. The van der Waals surface area contributed by atoms with Crippen LogP contribution in [0.25, 0.3) is 0 Å². The molecule has 0 unspecified atom stereocenters. The van der Waals surface area contributed by atoms with Gasteiger partial charge in [-0.05, 0) is 61.7 Å². The summed E-state index contributed by atoms with van der Waals surface area (Å²) in [5.41, 5.74) is 3.82. The molecule has 0 aliphatic carbocycles. The molecule has 2 aromatic carbocycles. The average Bonchev–Trinajstić information content (AvgIpc) is 2.70. The third-order valence-electron chi connectivity index (χ3n) is 4.58. The molecule has 1 amide bonds. The number of nitrogens with one attached hydrogen (secondary N) is 2. The second-order valence-electron chi connectivity index (χ2n) is 6.79. The number of carbonyl (C=O) groups is 1. The number of nitrogens with zero attached hydrogens (tertiary/aromatic N) is 1. The van der Waals surface area contributed by atoms with E-state index in [2.05, 4.69) is 15.0 Å². The van der Waals surface area contributed by atoms with Crippen LogP contribution in [0, 0.1) is 13.8 Å². The van der Waals surface area contributed by atoms with Crippen LogP contribution in [0.15, 0.2) is 65.8 Å². The molecule has 0 radical (unpaired) electrons. The summed E-state index contributed by atoms with van der Waals surface area (Å²) in [6.07, 6.45) is 3.64. The SMILES string of the molecule is CCc1ccc(NC(=O)c2cnccc2C)cc1S(=O)(=O)Nc1ccc(C)cc1. The summed E-state index contributed by atoms with van der Waals surface area (Å²) in [4.78, 5) is 16.7. The monoisotopic (exact) mass is 409 g/mol. The Balaban J connectivity index is 1.91. The van der Waals surface area contributed by atoms with E-state index in [0.29, 0.717) is 28.9 Å². The first-order valence-corrected chi connectivity index (χ1v) is 10.7. The van der Waals surface area contributed by atoms with E-state index in [0.717, 1.165) is 11.1 Å². The predicted molar refractivity (Wildman–Crippen MR) is 115 cm³/mol. The molecule has 0 saturated heterocycles. The number of rotatable bonds is 6. The zero-order valence-corrected chi connectivity index (χ0v) is 17.4. The first-order chi connectivity index (χ1) is 13.8. The number of sulfonamides is 1. The van der Waals surface area contributed by atoms with Gasteiger partial charge in [0.25, 0.3) is 15.9 Å². The third-order valence-corrected chi connectivity index (χ3v) is 6.05. The van der Waals surface area contributed by atoms with E-state index in [4.69, 9.17) is 0 Å². The maximum absolute atomic E-state index is 13.0. The molecule has 0 aliphatic rings. The van der Waals surface area contributed by atoms with Gasteiger partial charge in [-0.1, -0.05) is 30.7 Å². The Morgan fingerprint density at radius 2 is 1.69 bits per heavy atom. The van der Waals surface area contributed by atoms with Gasteiger partial charge in [-0.3, -0.25) is 14.5 Å². The summed E-state index contributed by atoms with van der Waals surface area (Å²) in [5.74, 6) is -0.338. The van der Waals surface area contributed by atoms with Crippen LogP contribution in [0.2, 0.25) is 0 Å². The van der Waals surface area contributed by atoms with E-state index in [1.807, 2.05) is 32.9 Å². The fourth-order valence-electron chi connectivity index (χ4n) is 2.91. The van der Waals surface area contributed by atoms with Gasteiger partial charge in [0, 0.05) is 23.8 Å². The Hall–Kier alpha value is -3.19. The molecule has 1 aromatic heterocycles. The molecule has 29 heavy (non-hydrogen) atoms. The maximum Gasteiger partial charge on any atom is 0.262 e. The average molecular weight is 410 g/mol. The second-order valence-corrected chi connectivity index (χ2v) is 8.44. The molecule has 0 saturated carbocycles. The van der Waals surface area contributed by atoms with E-state index in [-0.39, 0.29) is 10.8 Å². The molecule has 6 nitrogen and oxygen atoms in total. The van der Waals surface area contributed by atoms with Crippen molar-refractivity contribution in [3.05, 3.63) is 83.2 Å².